The summed E-state index contributed by atoms with van der Waals surface area (Å²) in [5.41, 5.74) is 28.1. The van der Waals surface area contributed by atoms with Crippen molar-refractivity contribution in [1.82, 2.24) is 0 Å². The number of nitrogens with zero attached hydrogens (tertiary/aromatic N) is 4. The summed E-state index contributed by atoms with van der Waals surface area (Å²) in [7, 11) is 0. The van der Waals surface area contributed by atoms with Crippen LogP contribution in [0, 0.1) is 0 Å². The van der Waals surface area contributed by atoms with Crippen LogP contribution in [0.15, 0.2) is 212 Å². The first kappa shape index (κ1) is 29.2. The van der Waals surface area contributed by atoms with E-state index in [0.717, 1.165) is 67.4 Å². The Labute approximate surface area is 290 Å². The molecule has 4 N–H and O–H groups in total. The largest absolute Gasteiger partial charge is 0.395 e. The minimum atomic E-state index is 0.459. The summed E-state index contributed by atoms with van der Waals surface area (Å²) in [4.78, 5) is 20.7. The fraction of sp³-hybridized carbons (Fsp3) is 0. The molecular formula is C44H30N6. The maximum atomic E-state index is 6.92. The molecule has 4 aromatic rings. The first-order chi connectivity index (χ1) is 24.6. The van der Waals surface area contributed by atoms with Crippen LogP contribution in [0.25, 0.3) is 22.3 Å². The maximum Gasteiger partial charge on any atom is 0.0895 e. The van der Waals surface area contributed by atoms with Gasteiger partial charge in [-0.3, -0.25) is 0 Å². The minimum absolute atomic E-state index is 0.459. The van der Waals surface area contributed by atoms with Crippen LogP contribution in [0.3, 0.4) is 0 Å². The molecule has 0 amide bonds. The number of hydrogen-bond acceptors (Lipinski definition) is 6. The second-order valence-corrected chi connectivity index (χ2v) is 12.3. The van der Waals surface area contributed by atoms with E-state index in [9.17, 15) is 0 Å². The monoisotopic (exact) mass is 642 g/mol. The summed E-state index contributed by atoms with van der Waals surface area (Å²) in [6, 6.07) is 41.5. The Kier molecular flexibility index (Phi) is 6.99. The van der Waals surface area contributed by atoms with Gasteiger partial charge in [-0.2, -0.15) is 0 Å². The van der Waals surface area contributed by atoms with Crippen LogP contribution in [-0.2, 0) is 0 Å². The minimum Gasteiger partial charge on any atom is -0.395 e. The van der Waals surface area contributed by atoms with Gasteiger partial charge in [-0.1, -0.05) is 121 Å². The first-order valence-corrected chi connectivity index (χ1v) is 16.5. The molecule has 6 nitrogen and oxygen atoms in total. The predicted octanol–water partition coefficient (Wildman–Crippen LogP) is 8.26. The lowest BCUT2D eigenvalue weighted by atomic mass is 9.86. The van der Waals surface area contributed by atoms with Crippen LogP contribution in [0.4, 0.5) is 0 Å². The van der Waals surface area contributed by atoms with Crippen molar-refractivity contribution in [3.63, 3.8) is 0 Å². The van der Waals surface area contributed by atoms with Crippen molar-refractivity contribution in [1.29, 1.82) is 0 Å². The Bertz CT molecular complexity index is 2480. The number of fused-ring (bicyclic) bond motifs is 4. The number of allylic oxidation sites excluding steroid dienone is 10. The lowest BCUT2D eigenvalue weighted by Crippen LogP contribution is -2.11. The van der Waals surface area contributed by atoms with E-state index in [0.29, 0.717) is 34.2 Å². The van der Waals surface area contributed by atoms with Crippen LogP contribution in [-0.4, -0.2) is 22.8 Å². The summed E-state index contributed by atoms with van der Waals surface area (Å²) in [6.45, 7) is 0. The van der Waals surface area contributed by atoms with Crippen molar-refractivity contribution in [3.05, 3.63) is 214 Å². The highest BCUT2D eigenvalue weighted by Gasteiger charge is 2.33. The van der Waals surface area contributed by atoms with Crippen LogP contribution >= 0.6 is 0 Å². The van der Waals surface area contributed by atoms with Crippen LogP contribution in [0.5, 0.6) is 0 Å². The van der Waals surface area contributed by atoms with Gasteiger partial charge in [0.2, 0.25) is 0 Å². The molecule has 4 aromatic carbocycles. The van der Waals surface area contributed by atoms with Gasteiger partial charge in [0.25, 0.3) is 0 Å². The molecule has 0 saturated carbocycles. The molecular weight excluding hydrogens is 613 g/mol. The Morgan fingerprint density at radius 2 is 0.900 bits per heavy atom. The van der Waals surface area contributed by atoms with Gasteiger partial charge in [-0.05, 0) is 58.7 Å². The van der Waals surface area contributed by atoms with E-state index in [1.54, 1.807) is 0 Å². The molecule has 0 radical (unpaired) electrons. The van der Waals surface area contributed by atoms with E-state index in [2.05, 4.69) is 91.0 Å². The molecule has 5 aliphatic rings. The molecule has 6 heteroatoms. The highest BCUT2D eigenvalue weighted by atomic mass is 14.9. The summed E-state index contributed by atoms with van der Waals surface area (Å²) in [5.74, 6) is 0. The molecule has 236 valence electrons. The molecule has 0 fully saturated rings. The van der Waals surface area contributed by atoms with E-state index in [1.807, 2.05) is 66.8 Å². The Morgan fingerprint density at radius 3 is 1.54 bits per heavy atom. The highest BCUT2D eigenvalue weighted by molar-refractivity contribution is 6.50. The number of hydrogen-bond donors (Lipinski definition) is 2. The fourth-order valence-corrected chi connectivity index (χ4v) is 6.79. The van der Waals surface area contributed by atoms with Gasteiger partial charge in [0, 0.05) is 22.3 Å². The van der Waals surface area contributed by atoms with E-state index in [1.165, 1.54) is 0 Å². The second kappa shape index (κ2) is 12.0. The van der Waals surface area contributed by atoms with Crippen molar-refractivity contribution in [2.45, 2.75) is 0 Å². The van der Waals surface area contributed by atoms with Gasteiger partial charge >= 0.3 is 0 Å². The van der Waals surface area contributed by atoms with E-state index in [-0.39, 0.29) is 0 Å². The number of aliphatic imine (C=N–C) groups is 4. The van der Waals surface area contributed by atoms with Crippen molar-refractivity contribution in [3.8, 4) is 0 Å². The van der Waals surface area contributed by atoms with E-state index >= 15 is 0 Å². The molecule has 5 heterocycles. The molecule has 0 aromatic heterocycles. The lowest BCUT2D eigenvalue weighted by Gasteiger charge is -2.17. The van der Waals surface area contributed by atoms with Crippen molar-refractivity contribution in [2.75, 3.05) is 0 Å². The van der Waals surface area contributed by atoms with Crippen LogP contribution in [0.2, 0.25) is 0 Å². The fourth-order valence-electron chi connectivity index (χ4n) is 6.79. The van der Waals surface area contributed by atoms with Gasteiger partial charge in [-0.25, -0.2) is 20.0 Å². The topological polar surface area (TPSA) is 101 Å². The van der Waals surface area contributed by atoms with Gasteiger partial charge in [0.15, 0.2) is 0 Å². The van der Waals surface area contributed by atoms with Gasteiger partial charge < -0.3 is 11.5 Å². The first-order valence-electron chi connectivity index (χ1n) is 16.5. The van der Waals surface area contributed by atoms with Gasteiger partial charge in [0.05, 0.1) is 57.0 Å². The standard InChI is InChI=1S/C44H30N6/c45-41-33-22-21-31(47-33)25-36-38(28-15-7-2-8-16-28)39(29-17-9-3-10-18-29)44(49-36)40(30-19-11-4-12-20-30)43-32(27-13-5-1-6-14-27)26-37(50-43)42(46)35-24-23-34(41)48-35/h1-26H,45-46H2. The SMILES string of the molecule is NC1=C2C=CC(=N2)C(N)=C2C=C(c3ccccc3)C(=N2)C(c2ccccc2)=C2N=C(C=C3C=CC1=N3)C(c1ccccc1)=C2c1ccccc1. The molecule has 0 unspecified atom stereocenters. The zero-order valence-electron chi connectivity index (χ0n) is 27.0. The average molecular weight is 643 g/mol. The van der Waals surface area contributed by atoms with Gasteiger partial charge in [-0.15, -0.1) is 0 Å². The molecule has 50 heavy (non-hydrogen) atoms. The predicted molar refractivity (Wildman–Crippen MR) is 206 cm³/mol. The average Bonchev–Trinajstić information content (AvgIpc) is 3.99. The van der Waals surface area contributed by atoms with Crippen molar-refractivity contribution >= 4 is 45.1 Å². The number of benzene rings is 4. The van der Waals surface area contributed by atoms with E-state index < -0.39 is 0 Å². The van der Waals surface area contributed by atoms with Crippen LogP contribution in [0.1, 0.15) is 22.3 Å². The Balaban J connectivity index is 1.45. The molecule has 0 saturated heterocycles. The highest BCUT2D eigenvalue weighted by Crippen LogP contribution is 2.46. The summed E-state index contributed by atoms with van der Waals surface area (Å²) >= 11 is 0. The maximum absolute atomic E-state index is 6.92. The van der Waals surface area contributed by atoms with E-state index in [4.69, 9.17) is 31.4 Å². The molecule has 9 rings (SSSR count). The molecule has 0 atom stereocenters. The Hall–Kier alpha value is -6.92. The Morgan fingerprint density at radius 1 is 0.380 bits per heavy atom. The summed E-state index contributed by atoms with van der Waals surface area (Å²) in [6.07, 6.45) is 11.7. The number of nitrogens with two attached hydrogens (primary N) is 2. The summed E-state index contributed by atoms with van der Waals surface area (Å²) < 4.78 is 0. The smallest absolute Gasteiger partial charge is 0.0895 e. The van der Waals surface area contributed by atoms with Crippen LogP contribution < -0.4 is 11.5 Å². The second-order valence-electron chi connectivity index (χ2n) is 12.3. The lowest BCUT2D eigenvalue weighted by molar-refractivity contribution is 1.29. The third-order valence-electron chi connectivity index (χ3n) is 9.18. The molecule has 8 bridgehead atoms. The van der Waals surface area contributed by atoms with Crippen molar-refractivity contribution < 1.29 is 0 Å². The normalized spacial score (nSPS) is 18.0. The third-order valence-corrected chi connectivity index (χ3v) is 9.18. The molecule has 0 aliphatic carbocycles. The zero-order chi connectivity index (χ0) is 33.6. The number of rotatable bonds is 4. The quantitative estimate of drug-likeness (QED) is 0.234. The zero-order valence-corrected chi connectivity index (χ0v) is 27.0. The molecule has 0 spiro atoms. The third kappa shape index (κ3) is 4.98. The summed E-state index contributed by atoms with van der Waals surface area (Å²) in [5, 5.41) is 0. The molecule has 5 aliphatic heterocycles. The van der Waals surface area contributed by atoms with Gasteiger partial charge in [0.1, 0.15) is 0 Å². The van der Waals surface area contributed by atoms with Crippen molar-refractivity contribution in [2.24, 2.45) is 31.4 Å².